The summed E-state index contributed by atoms with van der Waals surface area (Å²) in [5.41, 5.74) is 1.89. The summed E-state index contributed by atoms with van der Waals surface area (Å²) in [5, 5.41) is 2.02. The Morgan fingerprint density at radius 2 is 1.54 bits per heavy atom. The summed E-state index contributed by atoms with van der Waals surface area (Å²) >= 11 is 0. The van der Waals surface area contributed by atoms with Gasteiger partial charge in [-0.2, -0.15) is 0 Å². The van der Waals surface area contributed by atoms with Gasteiger partial charge in [-0.05, 0) is 22.4 Å². The number of fused-ring (bicyclic) bond motifs is 1. The van der Waals surface area contributed by atoms with E-state index in [4.69, 9.17) is 4.74 Å². The molecule has 0 fully saturated rings. The Labute approximate surface area is 153 Å². The third kappa shape index (κ3) is 4.09. The third-order valence-electron chi connectivity index (χ3n) is 4.26. The van der Waals surface area contributed by atoms with Gasteiger partial charge in [0.2, 0.25) is 5.91 Å². The molecule has 132 valence electrons. The first-order chi connectivity index (χ1) is 12.5. The van der Waals surface area contributed by atoms with Gasteiger partial charge >= 0.3 is 5.97 Å². The lowest BCUT2D eigenvalue weighted by atomic mass is 10.0. The van der Waals surface area contributed by atoms with E-state index >= 15 is 0 Å². The van der Waals surface area contributed by atoms with Crippen LogP contribution in [-0.2, 0) is 22.7 Å². The molecule has 0 unspecified atom stereocenters. The highest BCUT2D eigenvalue weighted by atomic mass is 16.5. The van der Waals surface area contributed by atoms with E-state index in [0.717, 1.165) is 21.9 Å². The van der Waals surface area contributed by atoms with Crippen molar-refractivity contribution in [1.29, 1.82) is 0 Å². The molecule has 0 atom stereocenters. The minimum Gasteiger partial charge on any atom is -0.426 e. The minimum atomic E-state index is -0.376. The Hall–Kier alpha value is -3.14. The van der Waals surface area contributed by atoms with Crippen molar-refractivity contribution >= 4 is 22.6 Å². The molecule has 1 amide bonds. The lowest BCUT2D eigenvalue weighted by Gasteiger charge is -2.23. The second-order valence-electron chi connectivity index (χ2n) is 6.22. The highest BCUT2D eigenvalue weighted by Gasteiger charge is 2.17. The standard InChI is InChI=1S/C22H21NO3/c1-16(24)23(14-18-8-4-3-5-9-18)15-21-20-11-7-6-10-19(20)12-13-22(21)26-17(2)25/h3-13H,14-15H2,1-2H3. The van der Waals surface area contributed by atoms with Crippen LogP contribution in [0.1, 0.15) is 25.0 Å². The zero-order chi connectivity index (χ0) is 18.5. The van der Waals surface area contributed by atoms with Crippen LogP contribution in [-0.4, -0.2) is 16.8 Å². The van der Waals surface area contributed by atoms with Gasteiger partial charge in [-0.1, -0.05) is 60.7 Å². The first-order valence-corrected chi connectivity index (χ1v) is 8.53. The molecule has 0 radical (unpaired) electrons. The molecule has 3 rings (SSSR count). The monoisotopic (exact) mass is 347 g/mol. The number of ether oxygens (including phenoxy) is 1. The highest BCUT2D eigenvalue weighted by molar-refractivity contribution is 5.89. The molecule has 0 N–H and O–H groups in total. The number of rotatable bonds is 5. The molecule has 0 aliphatic rings. The van der Waals surface area contributed by atoms with Gasteiger partial charge in [0, 0.05) is 26.0 Å². The summed E-state index contributed by atoms with van der Waals surface area (Å²) < 4.78 is 5.41. The molecule has 0 bridgehead atoms. The molecule has 0 saturated heterocycles. The van der Waals surface area contributed by atoms with Crippen molar-refractivity contribution in [3.05, 3.63) is 77.9 Å². The maximum Gasteiger partial charge on any atom is 0.308 e. The van der Waals surface area contributed by atoms with Crippen LogP contribution in [0.4, 0.5) is 0 Å². The average Bonchev–Trinajstić information content (AvgIpc) is 2.63. The van der Waals surface area contributed by atoms with E-state index in [1.807, 2.05) is 60.7 Å². The summed E-state index contributed by atoms with van der Waals surface area (Å²) in [6, 6.07) is 21.5. The van der Waals surface area contributed by atoms with E-state index < -0.39 is 0 Å². The van der Waals surface area contributed by atoms with Gasteiger partial charge in [0.1, 0.15) is 5.75 Å². The zero-order valence-corrected chi connectivity index (χ0v) is 14.9. The zero-order valence-electron chi connectivity index (χ0n) is 14.9. The lowest BCUT2D eigenvalue weighted by molar-refractivity contribution is -0.131. The topological polar surface area (TPSA) is 46.6 Å². The van der Waals surface area contributed by atoms with Crippen LogP contribution >= 0.6 is 0 Å². The molecule has 0 aliphatic heterocycles. The smallest absolute Gasteiger partial charge is 0.308 e. The van der Waals surface area contributed by atoms with Crippen molar-refractivity contribution in [3.63, 3.8) is 0 Å². The van der Waals surface area contributed by atoms with Crippen molar-refractivity contribution in [2.24, 2.45) is 0 Å². The fourth-order valence-corrected chi connectivity index (χ4v) is 3.00. The van der Waals surface area contributed by atoms with Crippen molar-refractivity contribution < 1.29 is 14.3 Å². The Morgan fingerprint density at radius 1 is 0.846 bits per heavy atom. The third-order valence-corrected chi connectivity index (χ3v) is 4.26. The van der Waals surface area contributed by atoms with Crippen LogP contribution < -0.4 is 4.74 Å². The lowest BCUT2D eigenvalue weighted by Crippen LogP contribution is -2.28. The van der Waals surface area contributed by atoms with Crippen LogP contribution in [0.3, 0.4) is 0 Å². The molecule has 4 nitrogen and oxygen atoms in total. The fraction of sp³-hybridized carbons (Fsp3) is 0.182. The number of carbonyl (C=O) groups is 2. The van der Waals surface area contributed by atoms with Crippen molar-refractivity contribution in [2.75, 3.05) is 0 Å². The predicted molar refractivity (Wildman–Crippen MR) is 102 cm³/mol. The molecule has 0 heterocycles. The summed E-state index contributed by atoms with van der Waals surface area (Å²) in [6.45, 7) is 3.80. The van der Waals surface area contributed by atoms with Crippen molar-refractivity contribution in [2.45, 2.75) is 26.9 Å². The van der Waals surface area contributed by atoms with Crippen LogP contribution in [0.15, 0.2) is 66.7 Å². The van der Waals surface area contributed by atoms with E-state index in [0.29, 0.717) is 18.8 Å². The van der Waals surface area contributed by atoms with Gasteiger partial charge in [0.15, 0.2) is 0 Å². The van der Waals surface area contributed by atoms with Crippen LogP contribution in [0.2, 0.25) is 0 Å². The van der Waals surface area contributed by atoms with Gasteiger partial charge < -0.3 is 9.64 Å². The molecule has 3 aromatic carbocycles. The van der Waals surface area contributed by atoms with Gasteiger partial charge in [0.05, 0.1) is 6.54 Å². The normalized spacial score (nSPS) is 10.5. The first kappa shape index (κ1) is 17.7. The van der Waals surface area contributed by atoms with E-state index in [-0.39, 0.29) is 11.9 Å². The Kier molecular flexibility index (Phi) is 5.32. The molecule has 4 heteroatoms. The van der Waals surface area contributed by atoms with Gasteiger partial charge in [-0.3, -0.25) is 9.59 Å². The SMILES string of the molecule is CC(=O)Oc1ccc2ccccc2c1CN(Cc1ccccc1)C(C)=O. The van der Waals surface area contributed by atoms with Crippen molar-refractivity contribution in [3.8, 4) is 5.75 Å². The maximum absolute atomic E-state index is 12.2. The van der Waals surface area contributed by atoms with Crippen LogP contribution in [0.5, 0.6) is 5.75 Å². The molecule has 0 aliphatic carbocycles. The van der Waals surface area contributed by atoms with Crippen LogP contribution in [0, 0.1) is 0 Å². The summed E-state index contributed by atoms with van der Waals surface area (Å²) in [7, 11) is 0. The molecular weight excluding hydrogens is 326 g/mol. The van der Waals surface area contributed by atoms with E-state index in [1.165, 1.54) is 6.92 Å². The molecule has 0 aromatic heterocycles. The Bertz CT molecular complexity index is 935. The van der Waals surface area contributed by atoms with Gasteiger partial charge in [0.25, 0.3) is 0 Å². The van der Waals surface area contributed by atoms with E-state index in [1.54, 1.807) is 17.9 Å². The molecular formula is C22H21NO3. The Balaban J connectivity index is 2.01. The van der Waals surface area contributed by atoms with E-state index in [2.05, 4.69) is 0 Å². The predicted octanol–water partition coefficient (Wildman–Crippen LogP) is 4.31. The summed E-state index contributed by atoms with van der Waals surface area (Å²) in [6.07, 6.45) is 0. The van der Waals surface area contributed by atoms with Crippen LogP contribution in [0.25, 0.3) is 10.8 Å². The number of benzene rings is 3. The van der Waals surface area contributed by atoms with Crippen molar-refractivity contribution in [1.82, 2.24) is 4.90 Å². The number of hydrogen-bond acceptors (Lipinski definition) is 3. The average molecular weight is 347 g/mol. The number of carbonyl (C=O) groups excluding carboxylic acids is 2. The van der Waals surface area contributed by atoms with E-state index in [9.17, 15) is 9.59 Å². The second kappa shape index (κ2) is 7.83. The molecule has 0 saturated carbocycles. The number of hydrogen-bond donors (Lipinski definition) is 0. The minimum absolute atomic E-state index is 0.0319. The number of esters is 1. The summed E-state index contributed by atoms with van der Waals surface area (Å²) in [5.74, 6) is 0.0880. The molecule has 26 heavy (non-hydrogen) atoms. The Morgan fingerprint density at radius 3 is 2.23 bits per heavy atom. The number of amides is 1. The molecule has 0 spiro atoms. The largest absolute Gasteiger partial charge is 0.426 e. The second-order valence-corrected chi connectivity index (χ2v) is 6.22. The fourth-order valence-electron chi connectivity index (χ4n) is 3.00. The quantitative estimate of drug-likeness (QED) is 0.510. The molecule has 3 aromatic rings. The summed E-state index contributed by atoms with van der Waals surface area (Å²) in [4.78, 5) is 25.5. The van der Waals surface area contributed by atoms with Gasteiger partial charge in [-0.25, -0.2) is 0 Å². The van der Waals surface area contributed by atoms with Gasteiger partial charge in [-0.15, -0.1) is 0 Å². The maximum atomic E-state index is 12.2. The number of nitrogens with zero attached hydrogens (tertiary/aromatic N) is 1. The highest BCUT2D eigenvalue weighted by Crippen LogP contribution is 2.30. The first-order valence-electron chi connectivity index (χ1n) is 8.53.